The Bertz CT molecular complexity index is 530. The molecular formula is C22H34O4. The highest BCUT2D eigenvalue weighted by Crippen LogP contribution is 2.31. The first kappa shape index (κ1) is 22.6. The van der Waals surface area contributed by atoms with E-state index in [2.05, 4.69) is 35.3 Å². The normalized spacial score (nSPS) is 20.6. The molecule has 0 aliphatic carbocycles. The predicted molar refractivity (Wildman–Crippen MR) is 103 cm³/mol. The number of rotatable bonds is 9. The SMILES string of the molecule is CC[C@@H]1OC(C)(C)O[C@H]1CC#CCC#CCCCCCCCC(=O)OC. The molecular weight excluding hydrogens is 328 g/mol. The Morgan fingerprint density at radius 3 is 2.35 bits per heavy atom. The van der Waals surface area contributed by atoms with Gasteiger partial charge in [-0.3, -0.25) is 4.79 Å². The highest BCUT2D eigenvalue weighted by atomic mass is 16.7. The van der Waals surface area contributed by atoms with E-state index < -0.39 is 5.79 Å². The third-order valence-corrected chi connectivity index (χ3v) is 4.33. The minimum absolute atomic E-state index is 0.0645. The standard InChI is InChI=1S/C22H34O4/c1-5-19-20(26-22(2,3)25-19)17-15-13-11-9-7-6-8-10-12-14-16-18-21(23)24-4/h19-20H,5-6,8,10-12,14,16-18H2,1-4H3/t19-,20-/m0/s1. The van der Waals surface area contributed by atoms with Crippen molar-refractivity contribution in [2.75, 3.05) is 7.11 Å². The lowest BCUT2D eigenvalue weighted by molar-refractivity contribution is -0.146. The molecule has 4 nitrogen and oxygen atoms in total. The highest BCUT2D eigenvalue weighted by molar-refractivity contribution is 5.68. The maximum Gasteiger partial charge on any atom is 0.305 e. The zero-order valence-electron chi connectivity index (χ0n) is 16.9. The zero-order valence-corrected chi connectivity index (χ0v) is 16.9. The van der Waals surface area contributed by atoms with Crippen molar-refractivity contribution in [1.82, 2.24) is 0 Å². The van der Waals surface area contributed by atoms with Gasteiger partial charge >= 0.3 is 5.97 Å². The van der Waals surface area contributed by atoms with Crippen molar-refractivity contribution < 1.29 is 19.0 Å². The molecule has 0 saturated carbocycles. The maximum absolute atomic E-state index is 11.0. The molecule has 1 aliphatic rings. The molecule has 0 radical (unpaired) electrons. The van der Waals surface area contributed by atoms with Gasteiger partial charge in [0.1, 0.15) is 0 Å². The van der Waals surface area contributed by atoms with Crippen LogP contribution in [0.4, 0.5) is 0 Å². The van der Waals surface area contributed by atoms with E-state index in [0.29, 0.717) is 19.3 Å². The Labute approximate surface area is 159 Å². The summed E-state index contributed by atoms with van der Waals surface area (Å²) >= 11 is 0. The quantitative estimate of drug-likeness (QED) is 0.341. The summed E-state index contributed by atoms with van der Waals surface area (Å²) in [6.07, 6.45) is 9.34. The van der Waals surface area contributed by atoms with Crippen molar-refractivity contribution in [2.45, 2.75) is 103 Å². The number of esters is 1. The van der Waals surface area contributed by atoms with Gasteiger partial charge in [0.2, 0.25) is 0 Å². The average molecular weight is 363 g/mol. The number of carbonyl (C=O) groups is 1. The van der Waals surface area contributed by atoms with Crippen molar-refractivity contribution in [3.05, 3.63) is 0 Å². The van der Waals surface area contributed by atoms with Crippen molar-refractivity contribution in [3.63, 3.8) is 0 Å². The average Bonchev–Trinajstić information content (AvgIpc) is 2.92. The molecule has 1 aliphatic heterocycles. The van der Waals surface area contributed by atoms with E-state index >= 15 is 0 Å². The number of methoxy groups -OCH3 is 1. The van der Waals surface area contributed by atoms with Gasteiger partial charge in [-0.2, -0.15) is 0 Å². The lowest BCUT2D eigenvalue weighted by atomic mass is 10.1. The van der Waals surface area contributed by atoms with E-state index in [1.54, 1.807) is 0 Å². The fourth-order valence-corrected chi connectivity index (χ4v) is 2.97. The van der Waals surface area contributed by atoms with Crippen molar-refractivity contribution in [2.24, 2.45) is 0 Å². The van der Waals surface area contributed by atoms with Gasteiger partial charge in [-0.1, -0.05) is 43.9 Å². The van der Waals surface area contributed by atoms with Crippen LogP contribution in [0.2, 0.25) is 0 Å². The van der Waals surface area contributed by atoms with Crippen LogP contribution in [-0.2, 0) is 19.0 Å². The number of hydrogen-bond acceptors (Lipinski definition) is 4. The largest absolute Gasteiger partial charge is 0.469 e. The summed E-state index contributed by atoms with van der Waals surface area (Å²) in [7, 11) is 1.44. The van der Waals surface area contributed by atoms with Crippen LogP contribution in [0.25, 0.3) is 0 Å². The monoisotopic (exact) mass is 362 g/mol. The van der Waals surface area contributed by atoms with E-state index in [-0.39, 0.29) is 18.2 Å². The van der Waals surface area contributed by atoms with Crippen LogP contribution in [0.5, 0.6) is 0 Å². The third-order valence-electron chi connectivity index (χ3n) is 4.33. The molecule has 1 rings (SSSR count). The van der Waals surface area contributed by atoms with E-state index in [0.717, 1.165) is 44.9 Å². The third kappa shape index (κ3) is 9.85. The molecule has 26 heavy (non-hydrogen) atoms. The van der Waals surface area contributed by atoms with Gasteiger partial charge in [0.15, 0.2) is 5.79 Å². The summed E-state index contributed by atoms with van der Waals surface area (Å²) in [6, 6.07) is 0. The molecule has 4 heteroatoms. The van der Waals surface area contributed by atoms with E-state index in [4.69, 9.17) is 9.47 Å². The summed E-state index contributed by atoms with van der Waals surface area (Å²) in [6.45, 7) is 6.02. The summed E-state index contributed by atoms with van der Waals surface area (Å²) in [5, 5.41) is 0. The van der Waals surface area contributed by atoms with Crippen LogP contribution in [0.15, 0.2) is 0 Å². The summed E-state index contributed by atoms with van der Waals surface area (Å²) < 4.78 is 16.3. The molecule has 1 heterocycles. The smallest absolute Gasteiger partial charge is 0.305 e. The van der Waals surface area contributed by atoms with Gasteiger partial charge in [0, 0.05) is 19.3 Å². The topological polar surface area (TPSA) is 44.8 Å². The first-order valence-electron chi connectivity index (χ1n) is 9.82. The van der Waals surface area contributed by atoms with Crippen LogP contribution in [-0.4, -0.2) is 31.1 Å². The van der Waals surface area contributed by atoms with Gasteiger partial charge in [0.25, 0.3) is 0 Å². The van der Waals surface area contributed by atoms with E-state index in [1.165, 1.54) is 7.11 Å². The second kappa shape index (κ2) is 12.8. The molecule has 0 aromatic rings. The Morgan fingerprint density at radius 1 is 0.962 bits per heavy atom. The molecule has 0 aromatic carbocycles. The maximum atomic E-state index is 11.0. The van der Waals surface area contributed by atoms with Gasteiger partial charge in [-0.25, -0.2) is 0 Å². The highest BCUT2D eigenvalue weighted by Gasteiger charge is 2.39. The fraction of sp³-hybridized carbons (Fsp3) is 0.773. The fourth-order valence-electron chi connectivity index (χ4n) is 2.97. The van der Waals surface area contributed by atoms with E-state index in [9.17, 15) is 4.79 Å². The molecule has 0 N–H and O–H groups in total. The van der Waals surface area contributed by atoms with Crippen molar-refractivity contribution in [1.29, 1.82) is 0 Å². The van der Waals surface area contributed by atoms with Crippen LogP contribution < -0.4 is 0 Å². The molecule has 0 spiro atoms. The Balaban J connectivity index is 2.04. The number of ether oxygens (including phenoxy) is 3. The zero-order chi connectivity index (χ0) is 19.3. The van der Waals surface area contributed by atoms with Crippen LogP contribution in [0.3, 0.4) is 0 Å². The molecule has 0 bridgehead atoms. The molecule has 0 unspecified atom stereocenters. The predicted octanol–water partition coefficient (Wildman–Crippen LogP) is 4.61. The number of hydrogen-bond donors (Lipinski definition) is 0. The molecule has 0 aromatic heterocycles. The molecule has 1 fully saturated rings. The summed E-state index contributed by atoms with van der Waals surface area (Å²) in [5.74, 6) is 12.0. The number of carbonyl (C=O) groups excluding carboxylic acids is 1. The lowest BCUT2D eigenvalue weighted by Crippen LogP contribution is -2.21. The molecule has 1 saturated heterocycles. The summed E-state index contributed by atoms with van der Waals surface area (Å²) in [4.78, 5) is 11.0. The lowest BCUT2D eigenvalue weighted by Gasteiger charge is -2.16. The first-order chi connectivity index (χ1) is 12.5. The van der Waals surface area contributed by atoms with Crippen molar-refractivity contribution in [3.8, 4) is 23.7 Å². The van der Waals surface area contributed by atoms with Crippen LogP contribution in [0, 0.1) is 23.7 Å². The van der Waals surface area contributed by atoms with Gasteiger partial charge in [-0.15, -0.1) is 5.92 Å². The Hall–Kier alpha value is -1.49. The Kier molecular flexibility index (Phi) is 11.1. The second-order valence-electron chi connectivity index (χ2n) is 7.05. The first-order valence-corrected chi connectivity index (χ1v) is 9.82. The minimum atomic E-state index is -0.494. The van der Waals surface area contributed by atoms with Gasteiger partial charge in [-0.05, 0) is 33.1 Å². The van der Waals surface area contributed by atoms with E-state index in [1.807, 2.05) is 13.8 Å². The second-order valence-corrected chi connectivity index (χ2v) is 7.05. The van der Waals surface area contributed by atoms with Gasteiger partial charge < -0.3 is 14.2 Å². The molecule has 0 amide bonds. The molecule has 2 atom stereocenters. The minimum Gasteiger partial charge on any atom is -0.469 e. The van der Waals surface area contributed by atoms with Crippen LogP contribution in [0.1, 0.15) is 85.0 Å². The van der Waals surface area contributed by atoms with Gasteiger partial charge in [0.05, 0.1) is 25.7 Å². The van der Waals surface area contributed by atoms with Crippen molar-refractivity contribution >= 4 is 5.97 Å². The van der Waals surface area contributed by atoms with Crippen LogP contribution >= 0.6 is 0 Å². The Morgan fingerprint density at radius 2 is 1.62 bits per heavy atom. The molecule has 146 valence electrons. The summed E-state index contributed by atoms with van der Waals surface area (Å²) in [5.41, 5.74) is 0. The number of unbranched alkanes of at least 4 members (excludes halogenated alkanes) is 5.